The predicted octanol–water partition coefficient (Wildman–Crippen LogP) is 2.10. The molecular formula is C14H22ClN3O. The molecule has 1 amide bonds. The van der Waals surface area contributed by atoms with Gasteiger partial charge < -0.3 is 15.5 Å². The third-order valence-electron chi connectivity index (χ3n) is 3.16. The number of benzene rings is 1. The maximum absolute atomic E-state index is 12.1. The Morgan fingerprint density at radius 1 is 1.32 bits per heavy atom. The third kappa shape index (κ3) is 4.11. The number of hydrogen-bond donors (Lipinski definition) is 1. The Morgan fingerprint density at radius 3 is 2.47 bits per heavy atom. The number of anilines is 1. The summed E-state index contributed by atoms with van der Waals surface area (Å²) in [7, 11) is 1.89. The van der Waals surface area contributed by atoms with Gasteiger partial charge >= 0.3 is 0 Å². The summed E-state index contributed by atoms with van der Waals surface area (Å²) in [5.74, 6) is 0.116. The molecule has 1 aromatic rings. The van der Waals surface area contributed by atoms with Gasteiger partial charge in [0, 0.05) is 37.4 Å². The molecule has 0 fully saturated rings. The van der Waals surface area contributed by atoms with Crippen LogP contribution in [0.3, 0.4) is 0 Å². The molecule has 0 aliphatic rings. The molecule has 0 aromatic heterocycles. The average Bonchev–Trinajstić information content (AvgIpc) is 2.39. The normalized spacial score (nSPS) is 10.4. The predicted molar refractivity (Wildman–Crippen MR) is 80.5 cm³/mol. The molecule has 1 aromatic carbocycles. The van der Waals surface area contributed by atoms with Gasteiger partial charge in [0.25, 0.3) is 0 Å². The summed E-state index contributed by atoms with van der Waals surface area (Å²) in [5, 5.41) is 0.660. The van der Waals surface area contributed by atoms with Gasteiger partial charge in [-0.2, -0.15) is 0 Å². The molecule has 2 N–H and O–H groups in total. The average molecular weight is 284 g/mol. The van der Waals surface area contributed by atoms with Crippen LogP contribution in [-0.2, 0) is 11.3 Å². The molecule has 0 saturated carbocycles. The van der Waals surface area contributed by atoms with Gasteiger partial charge in [-0.1, -0.05) is 11.6 Å². The van der Waals surface area contributed by atoms with Crippen LogP contribution in [0.5, 0.6) is 0 Å². The highest BCUT2D eigenvalue weighted by atomic mass is 35.5. The van der Waals surface area contributed by atoms with Crippen LogP contribution in [0.1, 0.15) is 19.4 Å². The number of hydrogen-bond acceptors (Lipinski definition) is 3. The fourth-order valence-corrected chi connectivity index (χ4v) is 2.25. The summed E-state index contributed by atoms with van der Waals surface area (Å²) in [6.07, 6.45) is 0. The maximum Gasteiger partial charge on any atom is 0.242 e. The smallest absolute Gasteiger partial charge is 0.242 e. The number of halogens is 1. The van der Waals surface area contributed by atoms with Crippen LogP contribution in [0.4, 0.5) is 5.69 Å². The Bertz CT molecular complexity index is 433. The summed E-state index contributed by atoms with van der Waals surface area (Å²) in [4.78, 5) is 15.8. The molecule has 0 spiro atoms. The van der Waals surface area contributed by atoms with Crippen LogP contribution >= 0.6 is 11.6 Å². The highest BCUT2D eigenvalue weighted by Crippen LogP contribution is 2.23. The summed E-state index contributed by atoms with van der Waals surface area (Å²) in [6, 6.07) is 5.56. The molecule has 0 aliphatic carbocycles. The molecule has 4 nitrogen and oxygen atoms in total. The lowest BCUT2D eigenvalue weighted by Crippen LogP contribution is -2.39. The van der Waals surface area contributed by atoms with Gasteiger partial charge in [-0.05, 0) is 37.6 Å². The minimum Gasteiger partial charge on any atom is -0.365 e. The van der Waals surface area contributed by atoms with Crippen LogP contribution in [0.25, 0.3) is 0 Å². The van der Waals surface area contributed by atoms with Crippen molar-refractivity contribution in [3.63, 3.8) is 0 Å². The lowest BCUT2D eigenvalue weighted by atomic mass is 10.1. The van der Waals surface area contributed by atoms with E-state index in [9.17, 15) is 4.79 Å². The maximum atomic E-state index is 12.1. The number of nitrogens with two attached hydrogens (primary N) is 1. The van der Waals surface area contributed by atoms with E-state index in [-0.39, 0.29) is 5.91 Å². The molecule has 106 valence electrons. The van der Waals surface area contributed by atoms with Crippen LogP contribution < -0.4 is 10.6 Å². The molecule has 0 radical (unpaired) electrons. The standard InChI is InChI=1S/C14H22ClN3O/c1-4-18(5-2)14(19)10-17(3)13-7-6-12(15)8-11(13)9-16/h6-8H,4-5,9-10,16H2,1-3H3. The third-order valence-corrected chi connectivity index (χ3v) is 3.40. The van der Waals surface area contributed by atoms with E-state index in [2.05, 4.69) is 0 Å². The van der Waals surface area contributed by atoms with Crippen molar-refractivity contribution in [2.24, 2.45) is 5.73 Å². The van der Waals surface area contributed by atoms with Gasteiger partial charge in [0.15, 0.2) is 0 Å². The van der Waals surface area contributed by atoms with E-state index in [1.54, 1.807) is 0 Å². The van der Waals surface area contributed by atoms with E-state index in [1.807, 2.05) is 48.9 Å². The van der Waals surface area contributed by atoms with Crippen molar-refractivity contribution in [2.75, 3.05) is 31.6 Å². The molecule has 19 heavy (non-hydrogen) atoms. The first-order valence-electron chi connectivity index (χ1n) is 6.50. The minimum atomic E-state index is 0.116. The van der Waals surface area contributed by atoms with Crippen LogP contribution in [-0.4, -0.2) is 37.5 Å². The molecule has 0 unspecified atom stereocenters. The number of carbonyl (C=O) groups is 1. The van der Waals surface area contributed by atoms with E-state index in [0.717, 1.165) is 24.3 Å². The highest BCUT2D eigenvalue weighted by Gasteiger charge is 2.14. The topological polar surface area (TPSA) is 49.6 Å². The summed E-state index contributed by atoms with van der Waals surface area (Å²) >= 11 is 5.95. The molecule has 1 rings (SSSR count). The van der Waals surface area contributed by atoms with Crippen molar-refractivity contribution >= 4 is 23.2 Å². The summed E-state index contributed by atoms with van der Waals surface area (Å²) in [5.41, 5.74) is 7.62. The summed E-state index contributed by atoms with van der Waals surface area (Å²) in [6.45, 7) is 6.17. The Morgan fingerprint density at radius 2 is 1.95 bits per heavy atom. The van der Waals surface area contributed by atoms with E-state index < -0.39 is 0 Å². The number of rotatable bonds is 6. The van der Waals surface area contributed by atoms with E-state index in [4.69, 9.17) is 17.3 Å². The molecule has 5 heteroatoms. The first kappa shape index (κ1) is 15.8. The molecular weight excluding hydrogens is 262 g/mol. The largest absolute Gasteiger partial charge is 0.365 e. The lowest BCUT2D eigenvalue weighted by molar-refractivity contribution is -0.129. The van der Waals surface area contributed by atoms with E-state index in [0.29, 0.717) is 18.1 Å². The van der Waals surface area contributed by atoms with E-state index >= 15 is 0 Å². The molecule has 0 heterocycles. The second kappa shape index (κ2) is 7.36. The lowest BCUT2D eigenvalue weighted by Gasteiger charge is -2.26. The van der Waals surface area contributed by atoms with Crippen molar-refractivity contribution in [3.05, 3.63) is 28.8 Å². The zero-order valence-corrected chi connectivity index (χ0v) is 12.6. The number of carbonyl (C=O) groups excluding carboxylic acids is 1. The Labute approximate surface area is 120 Å². The number of likely N-dealkylation sites (N-methyl/N-ethyl adjacent to an activating group) is 2. The van der Waals surface area contributed by atoms with Gasteiger partial charge in [-0.3, -0.25) is 4.79 Å². The van der Waals surface area contributed by atoms with Crippen LogP contribution in [0.15, 0.2) is 18.2 Å². The van der Waals surface area contributed by atoms with Gasteiger partial charge in [-0.25, -0.2) is 0 Å². The van der Waals surface area contributed by atoms with Crippen LogP contribution in [0.2, 0.25) is 5.02 Å². The van der Waals surface area contributed by atoms with Gasteiger partial charge in [0.1, 0.15) is 0 Å². The van der Waals surface area contributed by atoms with Gasteiger partial charge in [0.2, 0.25) is 5.91 Å². The minimum absolute atomic E-state index is 0.116. The second-order valence-electron chi connectivity index (χ2n) is 4.40. The van der Waals surface area contributed by atoms with E-state index in [1.165, 1.54) is 0 Å². The van der Waals surface area contributed by atoms with Crippen molar-refractivity contribution in [1.82, 2.24) is 4.90 Å². The SMILES string of the molecule is CCN(CC)C(=O)CN(C)c1ccc(Cl)cc1CN. The van der Waals surface area contributed by atoms with Crippen molar-refractivity contribution < 1.29 is 4.79 Å². The first-order chi connectivity index (χ1) is 9.03. The zero-order valence-electron chi connectivity index (χ0n) is 11.8. The van der Waals surface area contributed by atoms with Gasteiger partial charge in [-0.15, -0.1) is 0 Å². The highest BCUT2D eigenvalue weighted by molar-refractivity contribution is 6.30. The zero-order chi connectivity index (χ0) is 14.4. The summed E-state index contributed by atoms with van der Waals surface area (Å²) < 4.78 is 0. The monoisotopic (exact) mass is 283 g/mol. The van der Waals surface area contributed by atoms with Gasteiger partial charge in [0.05, 0.1) is 6.54 Å². The Balaban J connectivity index is 2.83. The van der Waals surface area contributed by atoms with Crippen molar-refractivity contribution in [1.29, 1.82) is 0 Å². The molecule has 0 saturated heterocycles. The fraction of sp³-hybridized carbons (Fsp3) is 0.500. The Kier molecular flexibility index (Phi) is 6.12. The fourth-order valence-electron chi connectivity index (χ4n) is 2.05. The quantitative estimate of drug-likeness (QED) is 0.870. The first-order valence-corrected chi connectivity index (χ1v) is 6.88. The van der Waals surface area contributed by atoms with Crippen LogP contribution in [0, 0.1) is 0 Å². The van der Waals surface area contributed by atoms with Crippen molar-refractivity contribution in [3.8, 4) is 0 Å². The molecule has 0 atom stereocenters. The Hall–Kier alpha value is -1.26. The number of amides is 1. The van der Waals surface area contributed by atoms with Crippen molar-refractivity contribution in [2.45, 2.75) is 20.4 Å². The second-order valence-corrected chi connectivity index (χ2v) is 4.84. The molecule has 0 bridgehead atoms. The number of nitrogens with zero attached hydrogens (tertiary/aromatic N) is 2. The molecule has 0 aliphatic heterocycles.